The first kappa shape index (κ1) is 12.3. The third kappa shape index (κ3) is 2.26. The summed E-state index contributed by atoms with van der Waals surface area (Å²) in [6.45, 7) is 1.66. The minimum Gasteiger partial charge on any atom is -0.368 e. The van der Waals surface area contributed by atoms with Crippen molar-refractivity contribution in [3.63, 3.8) is 0 Å². The highest BCUT2D eigenvalue weighted by atomic mass is 35.5. The van der Waals surface area contributed by atoms with E-state index in [0.29, 0.717) is 22.0 Å². The normalized spacial score (nSPS) is 10.3. The van der Waals surface area contributed by atoms with E-state index in [0.717, 1.165) is 0 Å². The number of carbonyl (C=O) groups is 1. The van der Waals surface area contributed by atoms with Gasteiger partial charge < -0.3 is 11.5 Å². The van der Waals surface area contributed by atoms with E-state index in [2.05, 4.69) is 9.97 Å². The molecule has 1 aromatic carbocycles. The Balaban J connectivity index is 2.73. The maximum atomic E-state index is 11.5. The number of aromatic nitrogens is 2. The molecule has 0 bridgehead atoms. The van der Waals surface area contributed by atoms with Crippen molar-refractivity contribution in [3.05, 3.63) is 40.5 Å². The molecule has 5 nitrogen and oxygen atoms in total. The van der Waals surface area contributed by atoms with Gasteiger partial charge in [-0.05, 0) is 19.1 Å². The molecule has 92 valence electrons. The van der Waals surface area contributed by atoms with Gasteiger partial charge in [-0.25, -0.2) is 9.97 Å². The van der Waals surface area contributed by atoms with Gasteiger partial charge in [-0.2, -0.15) is 0 Å². The number of hydrogen-bond donors (Lipinski definition) is 2. The Morgan fingerprint density at radius 2 is 2.06 bits per heavy atom. The number of carbonyl (C=O) groups excluding carboxylic acids is 1. The summed E-state index contributed by atoms with van der Waals surface area (Å²) in [5.41, 5.74) is 12.7. The van der Waals surface area contributed by atoms with E-state index in [1.165, 1.54) is 0 Å². The first-order valence-corrected chi connectivity index (χ1v) is 5.56. The molecule has 18 heavy (non-hydrogen) atoms. The monoisotopic (exact) mass is 262 g/mol. The molecule has 6 heteroatoms. The summed E-state index contributed by atoms with van der Waals surface area (Å²) in [6.07, 6.45) is 0. The van der Waals surface area contributed by atoms with Gasteiger partial charge in [-0.3, -0.25) is 4.79 Å². The third-order valence-electron chi connectivity index (χ3n) is 2.45. The molecule has 0 saturated carbocycles. The topological polar surface area (TPSA) is 94.9 Å². The van der Waals surface area contributed by atoms with Crippen molar-refractivity contribution in [2.24, 2.45) is 5.73 Å². The van der Waals surface area contributed by atoms with Gasteiger partial charge in [0.15, 0.2) is 0 Å². The van der Waals surface area contributed by atoms with Crippen molar-refractivity contribution in [1.29, 1.82) is 0 Å². The zero-order valence-corrected chi connectivity index (χ0v) is 10.4. The average molecular weight is 263 g/mol. The fourth-order valence-corrected chi connectivity index (χ4v) is 1.92. The van der Waals surface area contributed by atoms with Gasteiger partial charge >= 0.3 is 0 Å². The van der Waals surface area contributed by atoms with Gasteiger partial charge in [0.05, 0.1) is 17.0 Å². The van der Waals surface area contributed by atoms with Crippen LogP contribution in [0.3, 0.4) is 0 Å². The molecule has 1 amide bonds. The lowest BCUT2D eigenvalue weighted by molar-refractivity contribution is 0.0999. The molecule has 1 heterocycles. The molecule has 0 atom stereocenters. The quantitative estimate of drug-likeness (QED) is 0.862. The Morgan fingerprint density at radius 3 is 2.67 bits per heavy atom. The lowest BCUT2D eigenvalue weighted by Gasteiger charge is -2.09. The molecular formula is C12H11ClN4O. The number of hydrogen-bond acceptors (Lipinski definition) is 4. The fourth-order valence-electron chi connectivity index (χ4n) is 1.73. The van der Waals surface area contributed by atoms with E-state index in [1.807, 2.05) is 0 Å². The van der Waals surface area contributed by atoms with Crippen LogP contribution in [0, 0.1) is 6.92 Å². The van der Waals surface area contributed by atoms with E-state index < -0.39 is 5.91 Å². The number of nitrogens with two attached hydrogens (primary N) is 2. The lowest BCUT2D eigenvalue weighted by atomic mass is 10.0. The first-order chi connectivity index (χ1) is 8.49. The largest absolute Gasteiger partial charge is 0.368 e. The maximum Gasteiger partial charge on any atom is 0.252 e. The van der Waals surface area contributed by atoms with Crippen molar-refractivity contribution >= 4 is 23.5 Å². The van der Waals surface area contributed by atoms with Crippen LogP contribution in [-0.4, -0.2) is 15.9 Å². The van der Waals surface area contributed by atoms with Crippen molar-refractivity contribution < 1.29 is 4.79 Å². The van der Waals surface area contributed by atoms with Crippen molar-refractivity contribution in [3.8, 4) is 11.3 Å². The summed E-state index contributed by atoms with van der Waals surface area (Å²) in [7, 11) is 0. The molecule has 4 N–H and O–H groups in total. The van der Waals surface area contributed by atoms with Crippen LogP contribution in [0.25, 0.3) is 11.3 Å². The van der Waals surface area contributed by atoms with E-state index in [4.69, 9.17) is 23.1 Å². The molecule has 0 aliphatic heterocycles. The van der Waals surface area contributed by atoms with Crippen molar-refractivity contribution in [1.82, 2.24) is 9.97 Å². The molecule has 0 radical (unpaired) electrons. The Labute approximate surface area is 109 Å². The number of nitrogen functional groups attached to an aromatic ring is 1. The van der Waals surface area contributed by atoms with Crippen LogP contribution in [0.4, 0.5) is 5.95 Å². The number of rotatable bonds is 2. The van der Waals surface area contributed by atoms with Gasteiger partial charge in [0.1, 0.15) is 0 Å². The minimum atomic E-state index is -0.595. The maximum absolute atomic E-state index is 11.5. The van der Waals surface area contributed by atoms with Crippen molar-refractivity contribution in [2.75, 3.05) is 5.73 Å². The summed E-state index contributed by atoms with van der Waals surface area (Å²) in [5, 5.41) is 0.540. The van der Waals surface area contributed by atoms with Crippen LogP contribution >= 0.6 is 11.6 Å². The van der Waals surface area contributed by atoms with Gasteiger partial charge in [-0.15, -0.1) is 0 Å². The average Bonchev–Trinajstić information content (AvgIpc) is 2.27. The molecule has 0 spiro atoms. The molecule has 0 aliphatic carbocycles. The van der Waals surface area contributed by atoms with Crippen LogP contribution in [0.2, 0.25) is 5.02 Å². The summed E-state index contributed by atoms with van der Waals surface area (Å²) in [6, 6.07) is 6.96. The highest BCUT2D eigenvalue weighted by molar-refractivity contribution is 6.30. The zero-order chi connectivity index (χ0) is 13.3. The molecule has 0 fully saturated rings. The molecule has 0 saturated heterocycles. The number of primary amides is 1. The Kier molecular flexibility index (Phi) is 3.16. The predicted octanol–water partition coefficient (Wildman–Crippen LogP) is 1.79. The predicted molar refractivity (Wildman–Crippen MR) is 70.1 cm³/mol. The summed E-state index contributed by atoms with van der Waals surface area (Å²) in [5.74, 6) is -0.505. The Hall–Kier alpha value is -2.14. The minimum absolute atomic E-state index is 0.0903. The second-order valence-corrected chi connectivity index (χ2v) is 4.20. The van der Waals surface area contributed by atoms with Gasteiger partial charge in [0.2, 0.25) is 5.95 Å². The molecule has 2 aromatic rings. The number of amides is 1. The second-order valence-electron chi connectivity index (χ2n) is 3.77. The fraction of sp³-hybridized carbons (Fsp3) is 0.0833. The molecule has 0 aliphatic rings. The van der Waals surface area contributed by atoms with Crippen molar-refractivity contribution in [2.45, 2.75) is 6.92 Å². The van der Waals surface area contributed by atoms with Crippen LogP contribution in [0.5, 0.6) is 0 Å². The molecule has 0 unspecified atom stereocenters. The van der Waals surface area contributed by atoms with E-state index in [9.17, 15) is 4.79 Å². The molecular weight excluding hydrogens is 252 g/mol. The van der Waals surface area contributed by atoms with Gasteiger partial charge in [0, 0.05) is 10.6 Å². The smallest absolute Gasteiger partial charge is 0.252 e. The highest BCUT2D eigenvalue weighted by Gasteiger charge is 2.17. The van der Waals surface area contributed by atoms with Crippen LogP contribution in [-0.2, 0) is 0 Å². The zero-order valence-electron chi connectivity index (χ0n) is 9.64. The van der Waals surface area contributed by atoms with Gasteiger partial charge in [0.25, 0.3) is 5.91 Å². The van der Waals surface area contributed by atoms with Crippen LogP contribution in [0.1, 0.15) is 16.1 Å². The summed E-state index contributed by atoms with van der Waals surface area (Å²) in [4.78, 5) is 19.5. The van der Waals surface area contributed by atoms with Crippen LogP contribution < -0.4 is 11.5 Å². The summed E-state index contributed by atoms with van der Waals surface area (Å²) >= 11 is 5.92. The number of anilines is 1. The van der Waals surface area contributed by atoms with Crippen LogP contribution in [0.15, 0.2) is 24.3 Å². The third-order valence-corrected chi connectivity index (χ3v) is 2.69. The second kappa shape index (κ2) is 4.62. The van der Waals surface area contributed by atoms with E-state index in [-0.39, 0.29) is 11.5 Å². The van der Waals surface area contributed by atoms with Gasteiger partial charge in [-0.1, -0.05) is 23.7 Å². The highest BCUT2D eigenvalue weighted by Crippen LogP contribution is 2.26. The number of halogens is 1. The molecule has 1 aromatic heterocycles. The number of aryl methyl sites for hydroxylation is 1. The van der Waals surface area contributed by atoms with E-state index >= 15 is 0 Å². The molecule has 2 rings (SSSR count). The Morgan fingerprint density at radius 1 is 1.33 bits per heavy atom. The van der Waals surface area contributed by atoms with E-state index in [1.54, 1.807) is 31.2 Å². The number of benzene rings is 1. The SMILES string of the molecule is Cc1nc(N)nc(-c2cccc(Cl)c2)c1C(N)=O. The Bertz CT molecular complexity index is 627. The lowest BCUT2D eigenvalue weighted by Crippen LogP contribution is -2.17. The first-order valence-electron chi connectivity index (χ1n) is 5.19. The standard InChI is InChI=1S/C12H11ClN4O/c1-6-9(11(14)18)10(17-12(15)16-6)7-3-2-4-8(13)5-7/h2-5H,1H3,(H2,14,18)(H2,15,16,17). The summed E-state index contributed by atoms with van der Waals surface area (Å²) < 4.78 is 0. The number of nitrogens with zero attached hydrogens (tertiary/aromatic N) is 2.